The van der Waals surface area contributed by atoms with E-state index in [2.05, 4.69) is 12.1 Å². The molecule has 0 atom stereocenters. The third-order valence-electron chi connectivity index (χ3n) is 2.71. The number of rotatable bonds is 2. The highest BCUT2D eigenvalue weighted by Gasteiger charge is 2.43. The summed E-state index contributed by atoms with van der Waals surface area (Å²) in [5, 5.41) is 9.45. The Morgan fingerprint density at radius 2 is 2.23 bits per heavy atom. The third kappa shape index (κ3) is 1.55. The van der Waals surface area contributed by atoms with Gasteiger partial charge in [-0.25, -0.2) is 0 Å². The van der Waals surface area contributed by atoms with Crippen molar-refractivity contribution >= 4 is 11.6 Å². The van der Waals surface area contributed by atoms with E-state index in [1.165, 1.54) is 5.56 Å². The second kappa shape index (κ2) is 3.05. The van der Waals surface area contributed by atoms with Crippen LogP contribution in [0.4, 0.5) is 0 Å². The third-order valence-corrected chi connectivity index (χ3v) is 2.94. The van der Waals surface area contributed by atoms with Crippen molar-refractivity contribution in [1.82, 2.24) is 0 Å². The van der Waals surface area contributed by atoms with Crippen molar-refractivity contribution in [2.75, 3.05) is 0 Å². The first-order valence-electron chi connectivity index (χ1n) is 4.40. The Morgan fingerprint density at radius 3 is 2.77 bits per heavy atom. The Morgan fingerprint density at radius 1 is 1.46 bits per heavy atom. The van der Waals surface area contributed by atoms with Gasteiger partial charge >= 0.3 is 0 Å². The van der Waals surface area contributed by atoms with E-state index in [0.717, 1.165) is 17.9 Å². The molecule has 0 spiro atoms. The van der Waals surface area contributed by atoms with Gasteiger partial charge in [-0.1, -0.05) is 23.7 Å². The molecule has 66 valence electrons. The smallest absolute Gasteiger partial charge is 0.0631 e. The van der Waals surface area contributed by atoms with Crippen LogP contribution in [0, 0.1) is 11.3 Å². The number of benzene rings is 1. The van der Waals surface area contributed by atoms with Gasteiger partial charge < -0.3 is 0 Å². The molecule has 0 amide bonds. The zero-order valence-electron chi connectivity index (χ0n) is 7.26. The lowest BCUT2D eigenvalue weighted by molar-refractivity contribution is 0.715. The van der Waals surface area contributed by atoms with Crippen LogP contribution in [0.3, 0.4) is 0 Å². The maximum atomic E-state index is 8.69. The molecule has 1 aliphatic carbocycles. The summed E-state index contributed by atoms with van der Waals surface area (Å²) in [5.41, 5.74) is 1.36. The molecule has 0 aromatic heterocycles. The Labute approximate surface area is 82.9 Å². The minimum Gasteiger partial charge on any atom is -0.198 e. The Kier molecular flexibility index (Phi) is 2.01. The average Bonchev–Trinajstić information content (AvgIpc) is 2.86. The van der Waals surface area contributed by atoms with Crippen LogP contribution in [-0.2, 0) is 5.41 Å². The highest BCUT2D eigenvalue weighted by molar-refractivity contribution is 6.30. The lowest BCUT2D eigenvalue weighted by atomic mass is 9.93. The molecule has 1 nitrogen and oxygen atoms in total. The molecule has 0 aliphatic heterocycles. The first-order chi connectivity index (χ1) is 6.27. The summed E-state index contributed by atoms with van der Waals surface area (Å²) in [6.45, 7) is 0. The highest BCUT2D eigenvalue weighted by atomic mass is 35.5. The lowest BCUT2D eigenvalue weighted by Gasteiger charge is -2.10. The minimum absolute atomic E-state index is 0.139. The van der Waals surface area contributed by atoms with Crippen LogP contribution in [-0.4, -0.2) is 0 Å². The molecule has 0 N–H and O–H groups in total. The molecule has 0 heterocycles. The van der Waals surface area contributed by atoms with Crippen molar-refractivity contribution in [3.05, 3.63) is 34.9 Å². The van der Waals surface area contributed by atoms with Crippen LogP contribution in [0.1, 0.15) is 24.8 Å². The first kappa shape index (κ1) is 8.59. The summed E-state index contributed by atoms with van der Waals surface area (Å²) in [6, 6.07) is 10.1. The van der Waals surface area contributed by atoms with E-state index in [1.807, 2.05) is 18.2 Å². The van der Waals surface area contributed by atoms with E-state index in [9.17, 15) is 0 Å². The SMILES string of the molecule is N#CCC1(c2cccc(Cl)c2)CC1. The molecular weight excluding hydrogens is 182 g/mol. The van der Waals surface area contributed by atoms with Crippen LogP contribution in [0.15, 0.2) is 24.3 Å². The van der Waals surface area contributed by atoms with Crippen molar-refractivity contribution in [3.8, 4) is 6.07 Å². The molecular formula is C11H10ClN. The molecule has 0 bridgehead atoms. The van der Waals surface area contributed by atoms with Gasteiger partial charge in [0.25, 0.3) is 0 Å². The van der Waals surface area contributed by atoms with Gasteiger partial charge in [0.2, 0.25) is 0 Å². The van der Waals surface area contributed by atoms with Crippen LogP contribution < -0.4 is 0 Å². The van der Waals surface area contributed by atoms with Crippen LogP contribution in [0.2, 0.25) is 5.02 Å². The topological polar surface area (TPSA) is 23.8 Å². The van der Waals surface area contributed by atoms with E-state index >= 15 is 0 Å². The maximum absolute atomic E-state index is 8.69. The summed E-state index contributed by atoms with van der Waals surface area (Å²) in [4.78, 5) is 0. The molecule has 0 unspecified atom stereocenters. The fourth-order valence-corrected chi connectivity index (χ4v) is 1.88. The van der Waals surface area contributed by atoms with Crippen LogP contribution >= 0.6 is 11.6 Å². The molecule has 2 heteroatoms. The zero-order chi connectivity index (χ0) is 9.31. The van der Waals surface area contributed by atoms with Gasteiger partial charge in [0.1, 0.15) is 0 Å². The number of hydrogen-bond donors (Lipinski definition) is 0. The Hall–Kier alpha value is -1.00. The standard InChI is InChI=1S/C11H10ClN/c12-10-3-1-2-9(8-10)11(4-5-11)6-7-13/h1-3,8H,4-6H2. The van der Waals surface area contributed by atoms with E-state index in [1.54, 1.807) is 0 Å². The summed E-state index contributed by atoms with van der Waals surface area (Å²) < 4.78 is 0. The first-order valence-corrected chi connectivity index (χ1v) is 4.78. The van der Waals surface area contributed by atoms with Gasteiger partial charge in [0.05, 0.1) is 6.07 Å². The van der Waals surface area contributed by atoms with Crippen molar-refractivity contribution < 1.29 is 0 Å². The van der Waals surface area contributed by atoms with E-state index in [4.69, 9.17) is 16.9 Å². The molecule has 1 fully saturated rings. The molecule has 1 aliphatic rings. The predicted octanol–water partition coefficient (Wildman–Crippen LogP) is 3.29. The Balaban J connectivity index is 2.31. The number of halogens is 1. The van der Waals surface area contributed by atoms with Crippen molar-refractivity contribution in [1.29, 1.82) is 5.26 Å². The quantitative estimate of drug-likeness (QED) is 0.704. The van der Waals surface area contributed by atoms with Gasteiger partial charge in [-0.15, -0.1) is 0 Å². The normalized spacial score (nSPS) is 17.8. The molecule has 13 heavy (non-hydrogen) atoms. The van der Waals surface area contributed by atoms with E-state index < -0.39 is 0 Å². The molecule has 0 radical (unpaired) electrons. The lowest BCUT2D eigenvalue weighted by Crippen LogP contribution is -2.04. The van der Waals surface area contributed by atoms with Crippen molar-refractivity contribution in [2.45, 2.75) is 24.7 Å². The average molecular weight is 192 g/mol. The van der Waals surface area contributed by atoms with E-state index in [0.29, 0.717) is 6.42 Å². The predicted molar refractivity (Wildman–Crippen MR) is 52.6 cm³/mol. The summed E-state index contributed by atoms with van der Waals surface area (Å²) >= 11 is 5.90. The molecule has 0 saturated heterocycles. The summed E-state index contributed by atoms with van der Waals surface area (Å²) in [7, 11) is 0. The second-order valence-corrected chi connectivity index (χ2v) is 4.06. The Bertz CT molecular complexity index is 361. The summed E-state index contributed by atoms with van der Waals surface area (Å²) in [5.74, 6) is 0. The van der Waals surface area contributed by atoms with Crippen molar-refractivity contribution in [3.63, 3.8) is 0 Å². The second-order valence-electron chi connectivity index (χ2n) is 3.63. The maximum Gasteiger partial charge on any atom is 0.0631 e. The molecule has 1 aromatic carbocycles. The monoisotopic (exact) mass is 191 g/mol. The van der Waals surface area contributed by atoms with Crippen LogP contribution in [0.25, 0.3) is 0 Å². The molecule has 2 rings (SSSR count). The summed E-state index contributed by atoms with van der Waals surface area (Å²) in [6.07, 6.45) is 2.87. The molecule has 1 aromatic rings. The van der Waals surface area contributed by atoms with Crippen molar-refractivity contribution in [2.24, 2.45) is 0 Å². The van der Waals surface area contributed by atoms with Gasteiger partial charge in [-0.2, -0.15) is 5.26 Å². The van der Waals surface area contributed by atoms with E-state index in [-0.39, 0.29) is 5.41 Å². The van der Waals surface area contributed by atoms with Gasteiger partial charge in [0, 0.05) is 16.9 Å². The number of nitriles is 1. The number of hydrogen-bond acceptors (Lipinski definition) is 1. The zero-order valence-corrected chi connectivity index (χ0v) is 8.01. The largest absolute Gasteiger partial charge is 0.198 e. The van der Waals surface area contributed by atoms with Gasteiger partial charge in [-0.3, -0.25) is 0 Å². The fraction of sp³-hybridized carbons (Fsp3) is 0.364. The van der Waals surface area contributed by atoms with Gasteiger partial charge in [-0.05, 0) is 30.5 Å². The highest BCUT2D eigenvalue weighted by Crippen LogP contribution is 2.51. The number of nitrogens with zero attached hydrogens (tertiary/aromatic N) is 1. The minimum atomic E-state index is 0.139. The van der Waals surface area contributed by atoms with Crippen LogP contribution in [0.5, 0.6) is 0 Å². The van der Waals surface area contributed by atoms with Gasteiger partial charge in [0.15, 0.2) is 0 Å². The molecule has 1 saturated carbocycles. The fourth-order valence-electron chi connectivity index (χ4n) is 1.69.